The van der Waals surface area contributed by atoms with Crippen molar-refractivity contribution in [1.82, 2.24) is 0 Å². The third-order valence-electron chi connectivity index (χ3n) is 5.38. The highest BCUT2D eigenvalue weighted by atomic mass is 16.4. The molecule has 2 aliphatic carbocycles. The topological polar surface area (TPSA) is 37.3 Å². The number of carboxylic acid groups (broad SMARTS) is 1. The lowest BCUT2D eigenvalue weighted by atomic mass is 9.69. The molecular formula is C16H28O2. The van der Waals surface area contributed by atoms with E-state index in [1.165, 1.54) is 51.4 Å². The maximum absolute atomic E-state index is 11.0. The summed E-state index contributed by atoms with van der Waals surface area (Å²) in [4.78, 5) is 11.0. The second-order valence-electron chi connectivity index (χ2n) is 6.52. The SMILES string of the molecule is CCCC1CCC([C@H]2CC[C@H](C(=O)O)CC2)CC1. The monoisotopic (exact) mass is 252 g/mol. The Labute approximate surface area is 111 Å². The Balaban J connectivity index is 1.73. The van der Waals surface area contributed by atoms with Crippen LogP contribution in [-0.2, 0) is 4.79 Å². The first-order chi connectivity index (χ1) is 8.70. The lowest BCUT2D eigenvalue weighted by Crippen LogP contribution is -2.28. The third kappa shape index (κ3) is 3.49. The van der Waals surface area contributed by atoms with Crippen molar-refractivity contribution < 1.29 is 9.90 Å². The number of hydrogen-bond donors (Lipinski definition) is 1. The summed E-state index contributed by atoms with van der Waals surface area (Å²) in [6.07, 6.45) is 12.6. The van der Waals surface area contributed by atoms with Gasteiger partial charge in [-0.1, -0.05) is 32.6 Å². The molecule has 2 rings (SSSR count). The molecule has 0 bridgehead atoms. The number of carboxylic acids is 1. The van der Waals surface area contributed by atoms with Crippen molar-refractivity contribution in [3.8, 4) is 0 Å². The normalized spacial score (nSPS) is 37.4. The molecule has 2 fully saturated rings. The van der Waals surface area contributed by atoms with Gasteiger partial charge < -0.3 is 5.11 Å². The summed E-state index contributed by atoms with van der Waals surface area (Å²) in [6, 6.07) is 0. The number of hydrogen-bond acceptors (Lipinski definition) is 1. The summed E-state index contributed by atoms with van der Waals surface area (Å²) in [5.74, 6) is 2.12. The molecule has 2 nitrogen and oxygen atoms in total. The number of rotatable bonds is 4. The second kappa shape index (κ2) is 6.58. The van der Waals surface area contributed by atoms with Gasteiger partial charge in [-0.3, -0.25) is 4.79 Å². The summed E-state index contributed by atoms with van der Waals surface area (Å²) >= 11 is 0. The van der Waals surface area contributed by atoms with Crippen LogP contribution in [0.15, 0.2) is 0 Å². The predicted molar refractivity (Wildman–Crippen MR) is 73.4 cm³/mol. The van der Waals surface area contributed by atoms with Gasteiger partial charge >= 0.3 is 5.97 Å². The van der Waals surface area contributed by atoms with Gasteiger partial charge in [0.15, 0.2) is 0 Å². The van der Waals surface area contributed by atoms with E-state index in [2.05, 4.69) is 6.92 Å². The van der Waals surface area contributed by atoms with Crippen LogP contribution in [0.3, 0.4) is 0 Å². The molecule has 104 valence electrons. The van der Waals surface area contributed by atoms with E-state index >= 15 is 0 Å². The molecule has 18 heavy (non-hydrogen) atoms. The standard InChI is InChI=1S/C16H28O2/c1-2-3-12-4-6-13(7-5-12)14-8-10-15(11-9-14)16(17)18/h12-15H,2-11H2,1H3,(H,17,18)/t12?,13?,14-,15-. The van der Waals surface area contributed by atoms with E-state index in [1.54, 1.807) is 0 Å². The van der Waals surface area contributed by atoms with Crippen molar-refractivity contribution in [2.75, 3.05) is 0 Å². The Morgan fingerprint density at radius 2 is 1.44 bits per heavy atom. The van der Waals surface area contributed by atoms with Crippen molar-refractivity contribution >= 4 is 5.97 Å². The van der Waals surface area contributed by atoms with Crippen LogP contribution in [0, 0.1) is 23.7 Å². The Bertz CT molecular complexity index is 258. The summed E-state index contributed by atoms with van der Waals surface area (Å²) in [5.41, 5.74) is 0. The minimum atomic E-state index is -0.569. The van der Waals surface area contributed by atoms with Crippen molar-refractivity contribution in [3.63, 3.8) is 0 Å². The van der Waals surface area contributed by atoms with E-state index in [-0.39, 0.29) is 5.92 Å². The van der Waals surface area contributed by atoms with Crippen molar-refractivity contribution in [2.45, 2.75) is 71.1 Å². The summed E-state index contributed by atoms with van der Waals surface area (Å²) in [5, 5.41) is 9.03. The highest BCUT2D eigenvalue weighted by molar-refractivity contribution is 5.69. The Morgan fingerprint density at radius 3 is 1.89 bits per heavy atom. The molecule has 0 unspecified atom stereocenters. The molecule has 0 heterocycles. The average Bonchev–Trinajstić information content (AvgIpc) is 2.40. The van der Waals surface area contributed by atoms with E-state index in [9.17, 15) is 4.79 Å². The first-order valence-corrected chi connectivity index (χ1v) is 7.93. The molecule has 1 N–H and O–H groups in total. The van der Waals surface area contributed by atoms with Crippen LogP contribution >= 0.6 is 0 Å². The van der Waals surface area contributed by atoms with Crippen LogP contribution in [0.5, 0.6) is 0 Å². The van der Waals surface area contributed by atoms with Crippen LogP contribution < -0.4 is 0 Å². The number of aliphatic carboxylic acids is 1. The van der Waals surface area contributed by atoms with Crippen LogP contribution in [0.4, 0.5) is 0 Å². The molecule has 0 spiro atoms. The fourth-order valence-corrected chi connectivity index (χ4v) is 4.19. The quantitative estimate of drug-likeness (QED) is 0.800. The Hall–Kier alpha value is -0.530. The largest absolute Gasteiger partial charge is 0.481 e. The van der Waals surface area contributed by atoms with Crippen molar-refractivity contribution in [1.29, 1.82) is 0 Å². The van der Waals surface area contributed by atoms with Gasteiger partial charge in [-0.25, -0.2) is 0 Å². The molecule has 2 saturated carbocycles. The second-order valence-corrected chi connectivity index (χ2v) is 6.52. The maximum atomic E-state index is 11.0. The summed E-state index contributed by atoms with van der Waals surface area (Å²) in [7, 11) is 0. The Morgan fingerprint density at radius 1 is 0.944 bits per heavy atom. The van der Waals surface area contributed by atoms with E-state index in [1.807, 2.05) is 0 Å². The zero-order chi connectivity index (χ0) is 13.0. The van der Waals surface area contributed by atoms with Crippen molar-refractivity contribution in [2.24, 2.45) is 23.7 Å². The number of carbonyl (C=O) groups is 1. The van der Waals surface area contributed by atoms with Gasteiger partial charge in [-0.05, 0) is 56.3 Å². The molecule has 0 aromatic rings. The van der Waals surface area contributed by atoms with Gasteiger partial charge in [0.1, 0.15) is 0 Å². The summed E-state index contributed by atoms with van der Waals surface area (Å²) in [6.45, 7) is 2.29. The Kier molecular flexibility index (Phi) is 5.08. The molecule has 0 saturated heterocycles. The molecule has 2 heteroatoms. The highest BCUT2D eigenvalue weighted by Crippen LogP contribution is 2.42. The zero-order valence-corrected chi connectivity index (χ0v) is 11.7. The molecule has 0 aliphatic heterocycles. The van der Waals surface area contributed by atoms with Crippen LogP contribution in [0.2, 0.25) is 0 Å². The van der Waals surface area contributed by atoms with E-state index in [4.69, 9.17) is 5.11 Å². The molecule has 0 aromatic carbocycles. The fraction of sp³-hybridized carbons (Fsp3) is 0.938. The molecule has 0 aromatic heterocycles. The van der Waals surface area contributed by atoms with E-state index in [0.29, 0.717) is 0 Å². The molecule has 2 aliphatic rings. The third-order valence-corrected chi connectivity index (χ3v) is 5.38. The van der Waals surface area contributed by atoms with Gasteiger partial charge in [-0.15, -0.1) is 0 Å². The van der Waals surface area contributed by atoms with Gasteiger partial charge in [0.2, 0.25) is 0 Å². The lowest BCUT2D eigenvalue weighted by Gasteiger charge is -2.37. The first-order valence-electron chi connectivity index (χ1n) is 7.93. The van der Waals surface area contributed by atoms with Crippen LogP contribution in [0.1, 0.15) is 71.1 Å². The van der Waals surface area contributed by atoms with Crippen molar-refractivity contribution in [3.05, 3.63) is 0 Å². The van der Waals surface area contributed by atoms with Crippen LogP contribution in [0.25, 0.3) is 0 Å². The molecule has 0 radical (unpaired) electrons. The molecular weight excluding hydrogens is 224 g/mol. The minimum Gasteiger partial charge on any atom is -0.481 e. The van der Waals surface area contributed by atoms with Gasteiger partial charge in [0.25, 0.3) is 0 Å². The zero-order valence-electron chi connectivity index (χ0n) is 11.7. The van der Waals surface area contributed by atoms with Crippen LogP contribution in [-0.4, -0.2) is 11.1 Å². The average molecular weight is 252 g/mol. The lowest BCUT2D eigenvalue weighted by molar-refractivity contribution is -0.143. The smallest absolute Gasteiger partial charge is 0.306 e. The minimum absolute atomic E-state index is 0.0438. The first kappa shape index (κ1) is 13.9. The van der Waals surface area contributed by atoms with E-state index in [0.717, 1.165) is 30.6 Å². The van der Waals surface area contributed by atoms with Gasteiger partial charge in [0.05, 0.1) is 5.92 Å². The van der Waals surface area contributed by atoms with E-state index < -0.39 is 5.97 Å². The highest BCUT2D eigenvalue weighted by Gasteiger charge is 2.32. The van der Waals surface area contributed by atoms with Gasteiger partial charge in [-0.2, -0.15) is 0 Å². The predicted octanol–water partition coefficient (Wildman–Crippen LogP) is 4.48. The fourth-order valence-electron chi connectivity index (χ4n) is 4.19. The summed E-state index contributed by atoms with van der Waals surface area (Å²) < 4.78 is 0. The van der Waals surface area contributed by atoms with Gasteiger partial charge in [0, 0.05) is 0 Å². The molecule has 0 atom stereocenters. The molecule has 0 amide bonds. The maximum Gasteiger partial charge on any atom is 0.306 e.